The zero-order valence-electron chi connectivity index (χ0n) is 17.5. The van der Waals surface area contributed by atoms with Crippen LogP contribution in [0.3, 0.4) is 0 Å². The van der Waals surface area contributed by atoms with Crippen LogP contribution in [0, 0.1) is 5.92 Å². The molecule has 0 aliphatic carbocycles. The highest BCUT2D eigenvalue weighted by atomic mass is 16.5. The van der Waals surface area contributed by atoms with E-state index in [-0.39, 0.29) is 12.1 Å². The van der Waals surface area contributed by atoms with Gasteiger partial charge in [0, 0.05) is 62.9 Å². The van der Waals surface area contributed by atoms with Crippen LogP contribution in [0.2, 0.25) is 0 Å². The lowest BCUT2D eigenvalue weighted by atomic mass is 10.1. The summed E-state index contributed by atoms with van der Waals surface area (Å²) in [5.41, 5.74) is 1.17. The number of nitrogens with zero attached hydrogens (tertiary/aromatic N) is 4. The van der Waals surface area contributed by atoms with E-state index in [4.69, 9.17) is 4.74 Å². The van der Waals surface area contributed by atoms with Crippen molar-refractivity contribution in [2.45, 2.75) is 25.3 Å². The van der Waals surface area contributed by atoms with E-state index in [1.807, 2.05) is 18.2 Å². The van der Waals surface area contributed by atoms with E-state index < -0.39 is 0 Å². The molecule has 0 bridgehead atoms. The Morgan fingerprint density at radius 1 is 1.13 bits per heavy atom. The van der Waals surface area contributed by atoms with Crippen molar-refractivity contribution >= 4 is 17.7 Å². The zero-order valence-corrected chi connectivity index (χ0v) is 17.5. The molecule has 2 N–H and O–H groups in total. The molecule has 2 amide bonds. The fourth-order valence-electron chi connectivity index (χ4n) is 4.25. The summed E-state index contributed by atoms with van der Waals surface area (Å²) >= 11 is 0. The Labute approximate surface area is 177 Å². The van der Waals surface area contributed by atoms with Crippen LogP contribution in [0.4, 0.5) is 16.4 Å². The SMILES string of the molecule is COc1cccc(N2CCC(CNC(=O)NC3CCCN(c4ncccn4)C3)C2)c1. The molecule has 30 heavy (non-hydrogen) atoms. The zero-order chi connectivity index (χ0) is 20.8. The van der Waals surface area contributed by atoms with Gasteiger partial charge < -0.3 is 25.2 Å². The first-order valence-corrected chi connectivity index (χ1v) is 10.7. The van der Waals surface area contributed by atoms with E-state index in [1.54, 1.807) is 19.5 Å². The first-order valence-electron chi connectivity index (χ1n) is 10.7. The standard InChI is InChI=1S/C22H30N6O2/c1-30-20-7-2-6-19(13-20)27-12-8-17(15-27)14-25-22(29)26-18-5-3-11-28(16-18)21-23-9-4-10-24-21/h2,4,6-7,9-10,13,17-18H,3,5,8,11-12,14-16H2,1H3,(H2,25,26,29). The lowest BCUT2D eigenvalue weighted by molar-refractivity contribution is 0.233. The van der Waals surface area contributed by atoms with Crippen LogP contribution in [-0.2, 0) is 0 Å². The van der Waals surface area contributed by atoms with Crippen molar-refractivity contribution in [1.82, 2.24) is 20.6 Å². The summed E-state index contributed by atoms with van der Waals surface area (Å²) in [4.78, 5) is 25.6. The van der Waals surface area contributed by atoms with Gasteiger partial charge in [0.15, 0.2) is 0 Å². The highest BCUT2D eigenvalue weighted by Gasteiger charge is 2.25. The maximum atomic E-state index is 12.4. The molecule has 2 aliphatic rings. The molecular weight excluding hydrogens is 380 g/mol. The smallest absolute Gasteiger partial charge is 0.315 e. The predicted molar refractivity (Wildman–Crippen MR) is 117 cm³/mol. The number of carbonyl (C=O) groups excluding carboxylic acids is 1. The molecule has 8 nitrogen and oxygen atoms in total. The van der Waals surface area contributed by atoms with Crippen LogP contribution in [0.15, 0.2) is 42.7 Å². The first kappa shape index (κ1) is 20.3. The lowest BCUT2D eigenvalue weighted by Gasteiger charge is -2.33. The molecule has 4 rings (SSSR count). The van der Waals surface area contributed by atoms with E-state index in [0.29, 0.717) is 12.5 Å². The summed E-state index contributed by atoms with van der Waals surface area (Å²) in [6, 6.07) is 9.98. The van der Waals surface area contributed by atoms with E-state index in [9.17, 15) is 4.79 Å². The Kier molecular flexibility index (Phi) is 6.51. The minimum absolute atomic E-state index is 0.0874. The second-order valence-electron chi connectivity index (χ2n) is 7.99. The van der Waals surface area contributed by atoms with Crippen molar-refractivity contribution in [2.75, 3.05) is 49.6 Å². The van der Waals surface area contributed by atoms with E-state index in [0.717, 1.165) is 57.1 Å². The van der Waals surface area contributed by atoms with Gasteiger partial charge in [0.05, 0.1) is 7.11 Å². The van der Waals surface area contributed by atoms with Gasteiger partial charge in [0.1, 0.15) is 5.75 Å². The van der Waals surface area contributed by atoms with Gasteiger partial charge in [0.2, 0.25) is 5.95 Å². The number of ether oxygens (including phenoxy) is 1. The topological polar surface area (TPSA) is 82.6 Å². The Balaban J connectivity index is 1.21. The molecule has 2 unspecified atom stereocenters. The molecule has 2 fully saturated rings. The predicted octanol–water partition coefficient (Wildman–Crippen LogP) is 2.28. The van der Waals surface area contributed by atoms with Gasteiger partial charge >= 0.3 is 6.03 Å². The molecular formula is C22H30N6O2. The number of benzene rings is 1. The van der Waals surface area contributed by atoms with E-state index in [2.05, 4.69) is 42.5 Å². The number of methoxy groups -OCH3 is 1. The molecule has 2 saturated heterocycles. The summed E-state index contributed by atoms with van der Waals surface area (Å²) in [6.45, 7) is 4.28. The minimum atomic E-state index is -0.0874. The summed E-state index contributed by atoms with van der Waals surface area (Å²) in [5.74, 6) is 2.05. The van der Waals surface area contributed by atoms with Crippen molar-refractivity contribution in [3.8, 4) is 5.75 Å². The number of amides is 2. The first-order chi connectivity index (χ1) is 14.7. The third-order valence-electron chi connectivity index (χ3n) is 5.85. The summed E-state index contributed by atoms with van der Waals surface area (Å²) in [7, 11) is 1.69. The number of urea groups is 1. The normalized spacial score (nSPS) is 21.4. The Morgan fingerprint density at radius 2 is 2.00 bits per heavy atom. The fraction of sp³-hybridized carbons (Fsp3) is 0.500. The van der Waals surface area contributed by atoms with Crippen molar-refractivity contribution in [3.63, 3.8) is 0 Å². The number of rotatable bonds is 6. The summed E-state index contributed by atoms with van der Waals surface area (Å²) in [5, 5.41) is 6.19. The van der Waals surface area contributed by atoms with Gasteiger partial charge in [-0.15, -0.1) is 0 Å². The molecule has 8 heteroatoms. The monoisotopic (exact) mass is 410 g/mol. The molecule has 3 heterocycles. The average Bonchev–Trinajstić information content (AvgIpc) is 3.28. The maximum absolute atomic E-state index is 12.4. The Bertz CT molecular complexity index is 833. The number of carbonyl (C=O) groups is 1. The highest BCUT2D eigenvalue weighted by molar-refractivity contribution is 5.74. The summed E-state index contributed by atoms with van der Waals surface area (Å²) < 4.78 is 5.32. The molecule has 0 spiro atoms. The second-order valence-corrected chi connectivity index (χ2v) is 7.99. The van der Waals surface area contributed by atoms with Crippen LogP contribution >= 0.6 is 0 Å². The quantitative estimate of drug-likeness (QED) is 0.760. The molecule has 0 radical (unpaired) electrons. The number of hydrogen-bond donors (Lipinski definition) is 2. The third-order valence-corrected chi connectivity index (χ3v) is 5.85. The molecule has 2 aromatic rings. The molecule has 0 saturated carbocycles. The van der Waals surface area contributed by atoms with Gasteiger partial charge in [-0.1, -0.05) is 6.07 Å². The highest BCUT2D eigenvalue weighted by Crippen LogP contribution is 2.26. The number of aromatic nitrogens is 2. The molecule has 1 aromatic carbocycles. The number of hydrogen-bond acceptors (Lipinski definition) is 6. The third kappa shape index (κ3) is 5.11. The van der Waals surface area contributed by atoms with Crippen LogP contribution in [-0.4, -0.2) is 61.9 Å². The van der Waals surface area contributed by atoms with Crippen LogP contribution in [0.5, 0.6) is 5.75 Å². The van der Waals surface area contributed by atoms with Crippen molar-refractivity contribution < 1.29 is 9.53 Å². The maximum Gasteiger partial charge on any atom is 0.315 e. The molecule has 2 aliphatic heterocycles. The Hall–Kier alpha value is -3.03. The largest absolute Gasteiger partial charge is 0.497 e. The number of anilines is 2. The fourth-order valence-corrected chi connectivity index (χ4v) is 4.25. The van der Waals surface area contributed by atoms with Crippen molar-refractivity contribution in [1.29, 1.82) is 0 Å². The van der Waals surface area contributed by atoms with Gasteiger partial charge in [-0.05, 0) is 43.4 Å². The van der Waals surface area contributed by atoms with Gasteiger partial charge in [-0.25, -0.2) is 14.8 Å². The van der Waals surface area contributed by atoms with Gasteiger partial charge in [-0.2, -0.15) is 0 Å². The van der Waals surface area contributed by atoms with Gasteiger partial charge in [0.25, 0.3) is 0 Å². The number of nitrogens with one attached hydrogen (secondary N) is 2. The number of piperidine rings is 1. The van der Waals surface area contributed by atoms with E-state index in [1.165, 1.54) is 5.69 Å². The molecule has 1 aromatic heterocycles. The van der Waals surface area contributed by atoms with Crippen LogP contribution in [0.1, 0.15) is 19.3 Å². The van der Waals surface area contributed by atoms with Crippen molar-refractivity contribution in [3.05, 3.63) is 42.7 Å². The van der Waals surface area contributed by atoms with Crippen LogP contribution in [0.25, 0.3) is 0 Å². The van der Waals surface area contributed by atoms with Gasteiger partial charge in [-0.3, -0.25) is 0 Å². The second kappa shape index (κ2) is 9.65. The lowest BCUT2D eigenvalue weighted by Crippen LogP contribution is -2.51. The van der Waals surface area contributed by atoms with Crippen LogP contribution < -0.4 is 25.2 Å². The molecule has 160 valence electrons. The average molecular weight is 411 g/mol. The summed E-state index contributed by atoms with van der Waals surface area (Å²) in [6.07, 6.45) is 6.57. The molecule has 2 atom stereocenters. The van der Waals surface area contributed by atoms with E-state index >= 15 is 0 Å². The van der Waals surface area contributed by atoms with Crippen molar-refractivity contribution in [2.24, 2.45) is 5.92 Å². The minimum Gasteiger partial charge on any atom is -0.497 e. The Morgan fingerprint density at radius 3 is 2.83 bits per heavy atom.